The molecule has 19 rings (SSSR count). The van der Waals surface area contributed by atoms with Crippen molar-refractivity contribution in [2.75, 3.05) is 195 Å². The molecule has 3 atom stereocenters. The largest absolute Gasteiger partial charge is 0.378 e. The first-order chi connectivity index (χ1) is 64.3. The molecule has 9 aliphatic rings. The molecule has 0 spiro atoms. The maximum Gasteiger partial charge on any atom is 0.319 e. The number of amides is 8. The standard InChI is InChI=1S/C25H30N8O2.C24H28N8O2.C24H32N6O3.C22H29N5O3/c1-3-26-25(34)29-19-7-5-18(6-8-19)22-30-21-15-32(24-27-10-4-11-28-24)12-9-20(21)23(31-22)33-13-14-35-16-17(33)2;1-2-25-24(33)28-18-6-4-17(5-7-18)21-29-20-16-32(23-26-9-3-10-27-23)11-8-19(20)22(30-21)31-12-14-34-15-13-31;1-3-25-24(31)26-18-6-4-17(5-7-18)22-27-21-12-29(19-14-33-15-19)9-8-20(21)23(28-22)30-10-11-32-13-16(30)2;1-5-23-21(28)24-16-8-6-15(7-9-16)19-25-18-17(13-30-22(18,3)4)20(26-19)27-10-11-29-12-14(27)2/h4-8,10-11,17H,3,9,12-16H2,1-2H3,(H2,26,29,34);3-7,9-10H,2,8,11-16H2,1H3,(H2,25,28,33);4-7,16,19H,3,8-15H2,1-2H3,(H2,25,26,31);6-9,14H,5,10-13H2,1-4H3,(H2,23,24,28)/t17-;;16-;14-/m0.00/s1. The maximum absolute atomic E-state index is 11.8. The van der Waals surface area contributed by atoms with Gasteiger partial charge < -0.3 is 100 Å². The summed E-state index contributed by atoms with van der Waals surface area (Å²) in [6.45, 7) is 36.8. The highest BCUT2D eigenvalue weighted by molar-refractivity contribution is 5.92. The number of carbonyl (C=O) groups is 4. The van der Waals surface area contributed by atoms with Gasteiger partial charge in [-0.1, -0.05) is 0 Å². The SMILES string of the molecule is CCNC(=O)Nc1ccc(-c2nc(N3CCOC[C@@H]3C)c3c(n2)C(C)(C)OC3)cc1.CCNC(=O)Nc1ccc(-c2nc3c(c(N4CCOCC4)n2)CCN(c2ncccn2)C3)cc1.CCNC(=O)Nc1ccc(-c2nc3c(c(N4CCOC[C@@H]4C)n2)CCN(C2COC2)C3)cc1.CCNC(=O)Nc1ccc(-c2nc3c(c(N4CCOC[C@@H]4C)n2)CCN(c2ncccn2)C3)cc1. The van der Waals surface area contributed by atoms with Crippen LogP contribution in [0.15, 0.2) is 134 Å². The lowest BCUT2D eigenvalue weighted by Gasteiger charge is -2.41. The lowest BCUT2D eigenvalue weighted by atomic mass is 10.0. The molecular weight excluding hydrogens is 1680 g/mol. The molecule has 694 valence electrons. The van der Waals surface area contributed by atoms with E-state index in [4.69, 9.17) is 68.3 Å². The van der Waals surface area contributed by atoms with Crippen LogP contribution < -0.4 is 71.9 Å². The molecule has 0 radical (unpaired) electrons. The Kier molecular flexibility index (Phi) is 30.3. The first kappa shape index (κ1) is 92.2. The third kappa shape index (κ3) is 22.4. The Bertz CT molecular complexity index is 5590. The summed E-state index contributed by atoms with van der Waals surface area (Å²) in [4.78, 5) is 121. The number of benzene rings is 4. The molecular formula is C95H119N27O10. The minimum absolute atomic E-state index is 0.209. The van der Waals surface area contributed by atoms with E-state index in [9.17, 15) is 19.2 Å². The summed E-state index contributed by atoms with van der Waals surface area (Å²) in [5, 5.41) is 22.2. The number of nitrogens with one attached hydrogen (secondary N) is 8. The number of fused-ring (bicyclic) bond motifs is 4. The number of urea groups is 4. The number of ether oxygens (including phenoxy) is 6. The summed E-state index contributed by atoms with van der Waals surface area (Å²) in [7, 11) is 0. The monoisotopic (exact) mass is 1800 g/mol. The molecule has 0 bridgehead atoms. The second kappa shape index (κ2) is 43.3. The van der Waals surface area contributed by atoms with Crippen LogP contribution in [0.2, 0.25) is 0 Å². The molecule has 0 unspecified atom stereocenters. The number of rotatable bonds is 19. The van der Waals surface area contributed by atoms with Crippen molar-refractivity contribution in [2.45, 2.75) is 138 Å². The number of nitrogens with zero attached hydrogens (tertiary/aromatic N) is 19. The number of anilines is 10. The highest BCUT2D eigenvalue weighted by atomic mass is 16.5. The molecule has 8 amide bonds. The average molecular weight is 1800 g/mol. The Morgan fingerprint density at radius 3 is 1.05 bits per heavy atom. The van der Waals surface area contributed by atoms with Crippen molar-refractivity contribution in [2.24, 2.45) is 0 Å². The molecule has 5 fully saturated rings. The van der Waals surface area contributed by atoms with Crippen LogP contribution in [0.5, 0.6) is 0 Å². The van der Waals surface area contributed by atoms with Gasteiger partial charge in [0.2, 0.25) is 11.9 Å². The molecule has 8 N–H and O–H groups in total. The number of morpholine rings is 4. The molecule has 15 heterocycles. The van der Waals surface area contributed by atoms with Crippen molar-refractivity contribution in [3.63, 3.8) is 0 Å². The Morgan fingerprint density at radius 2 is 0.697 bits per heavy atom. The summed E-state index contributed by atoms with van der Waals surface area (Å²) >= 11 is 0. The van der Waals surface area contributed by atoms with Crippen LogP contribution in [0, 0.1) is 0 Å². The molecule has 0 saturated carbocycles. The van der Waals surface area contributed by atoms with E-state index >= 15 is 0 Å². The third-order valence-corrected chi connectivity index (χ3v) is 24.3. The highest BCUT2D eigenvalue weighted by Gasteiger charge is 2.40. The molecule has 132 heavy (non-hydrogen) atoms. The minimum atomic E-state index is -0.461. The van der Waals surface area contributed by atoms with Crippen LogP contribution in [0.1, 0.15) is 107 Å². The zero-order chi connectivity index (χ0) is 91.6. The molecule has 37 heteroatoms. The van der Waals surface area contributed by atoms with E-state index < -0.39 is 5.60 Å². The first-order valence-corrected chi connectivity index (χ1v) is 45.9. The van der Waals surface area contributed by atoms with Crippen LogP contribution in [0.4, 0.5) is 77.1 Å². The van der Waals surface area contributed by atoms with Gasteiger partial charge in [0.15, 0.2) is 23.3 Å². The maximum atomic E-state index is 11.8. The summed E-state index contributed by atoms with van der Waals surface area (Å²) in [6.07, 6.45) is 9.65. The lowest BCUT2D eigenvalue weighted by Crippen LogP contribution is -2.51. The molecule has 10 aromatic rings. The van der Waals surface area contributed by atoms with Gasteiger partial charge in [0.25, 0.3) is 0 Å². The summed E-state index contributed by atoms with van der Waals surface area (Å²) in [5.41, 5.74) is 14.8. The van der Waals surface area contributed by atoms with Gasteiger partial charge in [-0.25, -0.2) is 79.0 Å². The fourth-order valence-corrected chi connectivity index (χ4v) is 17.2. The Hall–Kier alpha value is -13.0. The normalized spacial score (nSPS) is 18.5. The quantitative estimate of drug-likeness (QED) is 0.0373. The second-order valence-corrected chi connectivity index (χ2v) is 33.9. The molecule has 5 saturated heterocycles. The van der Waals surface area contributed by atoms with E-state index in [0.717, 1.165) is 182 Å². The molecule has 37 nitrogen and oxygen atoms in total. The smallest absolute Gasteiger partial charge is 0.319 e. The van der Waals surface area contributed by atoms with Gasteiger partial charge in [0.05, 0.1) is 133 Å². The summed E-state index contributed by atoms with van der Waals surface area (Å²) in [5.74, 6) is 8.08. The number of hydrogen-bond donors (Lipinski definition) is 8. The Balaban J connectivity index is 0.000000129. The van der Waals surface area contributed by atoms with E-state index in [1.54, 1.807) is 24.8 Å². The van der Waals surface area contributed by atoms with Crippen molar-refractivity contribution in [3.05, 3.63) is 179 Å². The van der Waals surface area contributed by atoms with Gasteiger partial charge in [-0.2, -0.15) is 0 Å². The van der Waals surface area contributed by atoms with Crippen molar-refractivity contribution in [3.8, 4) is 45.6 Å². The van der Waals surface area contributed by atoms with Crippen LogP contribution >= 0.6 is 0 Å². The highest BCUT2D eigenvalue weighted by Crippen LogP contribution is 2.42. The lowest BCUT2D eigenvalue weighted by molar-refractivity contribution is -0.0699. The van der Waals surface area contributed by atoms with Crippen LogP contribution in [-0.2, 0) is 79.5 Å². The zero-order valence-electron chi connectivity index (χ0n) is 76.6. The number of carbonyl (C=O) groups excluding carboxylic acids is 4. The van der Waals surface area contributed by atoms with Crippen molar-refractivity contribution in [1.82, 2.24) is 86.0 Å². The van der Waals surface area contributed by atoms with Crippen molar-refractivity contribution in [1.29, 1.82) is 0 Å². The van der Waals surface area contributed by atoms with Gasteiger partial charge >= 0.3 is 24.1 Å². The summed E-state index contributed by atoms with van der Waals surface area (Å²) < 4.78 is 34.0. The van der Waals surface area contributed by atoms with E-state index in [2.05, 4.69) is 118 Å². The predicted molar refractivity (Wildman–Crippen MR) is 507 cm³/mol. The van der Waals surface area contributed by atoms with Crippen LogP contribution in [0.3, 0.4) is 0 Å². The zero-order valence-corrected chi connectivity index (χ0v) is 76.6. The van der Waals surface area contributed by atoms with E-state index in [0.29, 0.717) is 146 Å². The number of aromatic nitrogens is 12. The Morgan fingerprint density at radius 1 is 0.364 bits per heavy atom. The average Bonchev–Trinajstić information content (AvgIpc) is 1.56. The van der Waals surface area contributed by atoms with Crippen molar-refractivity contribution < 1.29 is 47.6 Å². The number of hydrogen-bond acceptors (Lipinski definition) is 29. The third-order valence-electron chi connectivity index (χ3n) is 24.3. The van der Waals surface area contributed by atoms with Crippen molar-refractivity contribution >= 4 is 82.0 Å². The second-order valence-electron chi connectivity index (χ2n) is 33.9. The van der Waals surface area contributed by atoms with Crippen LogP contribution in [0.25, 0.3) is 45.6 Å². The van der Waals surface area contributed by atoms with Gasteiger partial charge in [-0.3, -0.25) is 4.90 Å². The first-order valence-electron chi connectivity index (χ1n) is 45.9. The molecule has 9 aliphatic heterocycles. The van der Waals surface area contributed by atoms with Gasteiger partial charge in [0, 0.05) is 177 Å². The fraction of sp³-hybridized carbons (Fsp3) is 0.453. The predicted octanol–water partition coefficient (Wildman–Crippen LogP) is 10.9. The van der Waals surface area contributed by atoms with E-state index in [1.165, 1.54) is 16.7 Å². The van der Waals surface area contributed by atoms with Gasteiger partial charge in [-0.15, -0.1) is 0 Å². The Labute approximate surface area is 769 Å². The molecule has 6 aromatic heterocycles. The summed E-state index contributed by atoms with van der Waals surface area (Å²) in [6, 6.07) is 34.5. The van der Waals surface area contributed by atoms with Gasteiger partial charge in [0.1, 0.15) is 28.9 Å². The van der Waals surface area contributed by atoms with Gasteiger partial charge in [-0.05, 0) is 191 Å². The van der Waals surface area contributed by atoms with E-state index in [1.807, 2.05) is 151 Å². The van der Waals surface area contributed by atoms with E-state index in [-0.39, 0.29) is 42.2 Å². The van der Waals surface area contributed by atoms with Crippen LogP contribution in [-0.4, -0.2) is 258 Å². The minimum Gasteiger partial charge on any atom is -0.378 e. The molecule has 0 aliphatic carbocycles. The topological polar surface area (TPSA) is 397 Å². The fourth-order valence-electron chi connectivity index (χ4n) is 17.2. The molecule has 4 aromatic carbocycles.